The van der Waals surface area contributed by atoms with Crippen molar-refractivity contribution in [2.24, 2.45) is 0 Å². The van der Waals surface area contributed by atoms with Crippen molar-refractivity contribution in [3.8, 4) is 11.5 Å². The van der Waals surface area contributed by atoms with Gasteiger partial charge in [-0.1, -0.05) is 6.07 Å². The van der Waals surface area contributed by atoms with E-state index in [1.165, 1.54) is 19.3 Å². The van der Waals surface area contributed by atoms with Gasteiger partial charge in [-0.15, -0.1) is 0 Å². The van der Waals surface area contributed by atoms with E-state index >= 15 is 0 Å². The summed E-state index contributed by atoms with van der Waals surface area (Å²) in [6.45, 7) is 0. The Kier molecular flexibility index (Phi) is 15.7. The van der Waals surface area contributed by atoms with Gasteiger partial charge in [-0.05, 0) is 23.8 Å². The number of halogens is 3. The Morgan fingerprint density at radius 3 is 2.28 bits per heavy atom. The van der Waals surface area contributed by atoms with Gasteiger partial charge in [0.2, 0.25) is 0 Å². The smallest absolute Gasteiger partial charge is 0.328 e. The zero-order valence-electron chi connectivity index (χ0n) is 8.82. The number of carboxylic acid groups (broad SMARTS) is 1. The van der Waals surface area contributed by atoms with E-state index in [-0.39, 0.29) is 28.3 Å². The molecule has 0 spiro atoms. The van der Waals surface area contributed by atoms with Crippen molar-refractivity contribution in [3.05, 3.63) is 29.8 Å². The number of carboxylic acids is 1. The van der Waals surface area contributed by atoms with Crippen LogP contribution in [-0.4, -0.2) is 31.7 Å². The highest BCUT2D eigenvalue weighted by atomic mass is 19.0. The Hall–Kier alpha value is -2.12. The Morgan fingerprint density at radius 1 is 1.28 bits per heavy atom. The SMILES string of the molecule is B.COc1cc(C=CC(=O)O)ccc1O.F.F.F. The second kappa shape index (κ2) is 11.4. The molecule has 104 valence electrons. The number of aliphatic carboxylic acids is 1. The van der Waals surface area contributed by atoms with Gasteiger partial charge in [0.05, 0.1) is 15.5 Å². The van der Waals surface area contributed by atoms with E-state index in [0.29, 0.717) is 11.3 Å². The minimum absolute atomic E-state index is 0. The van der Waals surface area contributed by atoms with Gasteiger partial charge >= 0.3 is 5.97 Å². The predicted octanol–water partition coefficient (Wildman–Crippen LogP) is 0.772. The first-order valence-corrected chi connectivity index (χ1v) is 3.91. The van der Waals surface area contributed by atoms with E-state index in [4.69, 9.17) is 9.84 Å². The first-order valence-electron chi connectivity index (χ1n) is 3.91. The summed E-state index contributed by atoms with van der Waals surface area (Å²) in [6, 6.07) is 4.59. The van der Waals surface area contributed by atoms with Gasteiger partial charge in [-0.25, -0.2) is 4.79 Å². The van der Waals surface area contributed by atoms with Crippen molar-refractivity contribution in [2.75, 3.05) is 7.11 Å². The molecule has 18 heavy (non-hydrogen) atoms. The summed E-state index contributed by atoms with van der Waals surface area (Å²) in [5.74, 6) is -0.672. The van der Waals surface area contributed by atoms with Crippen LogP contribution in [0.1, 0.15) is 5.56 Å². The molecule has 2 N–H and O–H groups in total. The molecule has 1 aromatic carbocycles. The highest BCUT2D eigenvalue weighted by Crippen LogP contribution is 2.26. The summed E-state index contributed by atoms with van der Waals surface area (Å²) in [4.78, 5) is 10.2. The molecule has 0 aliphatic rings. The van der Waals surface area contributed by atoms with E-state index < -0.39 is 5.97 Å². The summed E-state index contributed by atoms with van der Waals surface area (Å²) < 4.78 is 4.86. The lowest BCUT2D eigenvalue weighted by Gasteiger charge is -2.03. The van der Waals surface area contributed by atoms with Crippen LogP contribution in [0, 0.1) is 0 Å². The van der Waals surface area contributed by atoms with Crippen molar-refractivity contribution >= 4 is 20.5 Å². The number of hydrogen-bond donors (Lipinski definition) is 2. The number of aromatic hydroxyl groups is 1. The van der Waals surface area contributed by atoms with Gasteiger partial charge < -0.3 is 14.9 Å². The van der Waals surface area contributed by atoms with Crippen molar-refractivity contribution in [1.82, 2.24) is 0 Å². The maximum atomic E-state index is 10.2. The molecule has 4 nitrogen and oxygen atoms in total. The Morgan fingerprint density at radius 2 is 1.83 bits per heavy atom. The zero-order valence-corrected chi connectivity index (χ0v) is 8.82. The molecule has 8 heteroatoms. The van der Waals surface area contributed by atoms with Crippen molar-refractivity contribution in [1.29, 1.82) is 0 Å². The molecule has 0 unspecified atom stereocenters. The van der Waals surface area contributed by atoms with E-state index in [0.717, 1.165) is 6.08 Å². The molecule has 0 saturated carbocycles. The molecule has 0 aliphatic heterocycles. The van der Waals surface area contributed by atoms with Crippen molar-refractivity contribution in [3.63, 3.8) is 0 Å². The highest BCUT2D eigenvalue weighted by Gasteiger charge is 2.00. The van der Waals surface area contributed by atoms with E-state index in [1.54, 1.807) is 12.1 Å². The fraction of sp³-hybridized carbons (Fsp3) is 0.100. The minimum Gasteiger partial charge on any atom is -0.504 e. The van der Waals surface area contributed by atoms with Gasteiger partial charge in [0, 0.05) is 6.08 Å². The quantitative estimate of drug-likeness (QED) is 0.627. The molecule has 0 heterocycles. The highest BCUT2D eigenvalue weighted by molar-refractivity contribution is 5.85. The molecule has 0 atom stereocenters. The van der Waals surface area contributed by atoms with Gasteiger partial charge in [-0.2, -0.15) is 0 Å². The largest absolute Gasteiger partial charge is 0.504 e. The molecular formula is C10H16BF3O4. The normalized spacial score (nSPS) is 8.06. The number of phenolic OH excluding ortho intramolecular Hbond substituents is 1. The first kappa shape index (κ1) is 24.9. The van der Waals surface area contributed by atoms with Crippen LogP contribution in [0.4, 0.5) is 14.1 Å². The monoisotopic (exact) mass is 268 g/mol. The average Bonchev–Trinajstić information content (AvgIpc) is 2.16. The van der Waals surface area contributed by atoms with Crippen LogP contribution in [-0.2, 0) is 4.79 Å². The Bertz CT molecular complexity index is 385. The summed E-state index contributed by atoms with van der Waals surface area (Å²) in [5, 5.41) is 17.6. The van der Waals surface area contributed by atoms with Crippen LogP contribution in [0.25, 0.3) is 6.08 Å². The van der Waals surface area contributed by atoms with Gasteiger partial charge in [0.25, 0.3) is 0 Å². The second-order valence-corrected chi connectivity index (χ2v) is 2.60. The van der Waals surface area contributed by atoms with Crippen LogP contribution >= 0.6 is 0 Å². The van der Waals surface area contributed by atoms with Gasteiger partial charge in [-0.3, -0.25) is 14.1 Å². The fourth-order valence-corrected chi connectivity index (χ4v) is 0.965. The number of phenols is 1. The van der Waals surface area contributed by atoms with Crippen molar-refractivity contribution in [2.45, 2.75) is 0 Å². The number of ether oxygens (including phenoxy) is 1. The molecule has 0 aliphatic carbocycles. The molecule has 0 bridgehead atoms. The lowest BCUT2D eigenvalue weighted by Crippen LogP contribution is -1.87. The zero-order chi connectivity index (χ0) is 10.6. The molecule has 1 rings (SSSR count). The average molecular weight is 268 g/mol. The first-order chi connectivity index (χ1) is 6.63. The number of rotatable bonds is 3. The number of carbonyl (C=O) groups is 1. The maximum absolute atomic E-state index is 10.2. The molecule has 0 saturated heterocycles. The summed E-state index contributed by atoms with van der Waals surface area (Å²) in [7, 11) is 1.43. The predicted molar refractivity (Wildman–Crippen MR) is 68.8 cm³/mol. The van der Waals surface area contributed by atoms with E-state index in [2.05, 4.69) is 0 Å². The van der Waals surface area contributed by atoms with Crippen molar-refractivity contribution < 1.29 is 33.9 Å². The molecule has 0 amide bonds. The Balaban J connectivity index is -0.000000245. The van der Waals surface area contributed by atoms with Crippen LogP contribution in [0.15, 0.2) is 24.3 Å². The second-order valence-electron chi connectivity index (χ2n) is 2.60. The molecule has 0 fully saturated rings. The maximum Gasteiger partial charge on any atom is 0.328 e. The standard InChI is InChI=1S/C10H10O4.BH3.3FH/c1-14-9-6-7(2-4-8(9)11)3-5-10(12)13;;;;/h2-6,11H,1H3,(H,12,13);1H3;3*1H. The molecular weight excluding hydrogens is 252 g/mol. The van der Waals surface area contributed by atoms with Crippen LogP contribution < -0.4 is 4.74 Å². The minimum atomic E-state index is -1.02. The van der Waals surface area contributed by atoms with E-state index in [1.807, 2.05) is 0 Å². The molecule has 0 radical (unpaired) electrons. The summed E-state index contributed by atoms with van der Waals surface area (Å²) >= 11 is 0. The Labute approximate surface area is 104 Å². The van der Waals surface area contributed by atoms with Gasteiger partial charge in [0.15, 0.2) is 11.5 Å². The topological polar surface area (TPSA) is 66.8 Å². The summed E-state index contributed by atoms with van der Waals surface area (Å²) in [6.07, 6.45) is 2.44. The molecule has 0 aromatic heterocycles. The summed E-state index contributed by atoms with van der Waals surface area (Å²) in [5.41, 5.74) is 0.655. The number of hydrogen-bond acceptors (Lipinski definition) is 3. The number of methoxy groups -OCH3 is 1. The molecule has 1 aromatic rings. The third kappa shape index (κ3) is 7.21. The lowest BCUT2D eigenvalue weighted by molar-refractivity contribution is -0.131. The third-order valence-electron chi connectivity index (χ3n) is 1.62. The third-order valence-corrected chi connectivity index (χ3v) is 1.62. The van der Waals surface area contributed by atoms with E-state index in [9.17, 15) is 9.90 Å². The van der Waals surface area contributed by atoms with Gasteiger partial charge in [0.1, 0.15) is 0 Å². The fourth-order valence-electron chi connectivity index (χ4n) is 0.965. The number of benzene rings is 1. The van der Waals surface area contributed by atoms with Crippen LogP contribution in [0.2, 0.25) is 0 Å². The lowest BCUT2D eigenvalue weighted by atomic mass is 10.2. The van der Waals surface area contributed by atoms with Crippen LogP contribution in [0.3, 0.4) is 0 Å². The van der Waals surface area contributed by atoms with Crippen LogP contribution in [0.5, 0.6) is 11.5 Å².